The van der Waals surface area contributed by atoms with E-state index in [4.69, 9.17) is 10.00 Å². The Kier molecular flexibility index (Phi) is 5.60. The molecule has 1 aliphatic rings. The molecule has 1 fully saturated rings. The summed E-state index contributed by atoms with van der Waals surface area (Å²) in [6.45, 7) is 3.20. The van der Waals surface area contributed by atoms with Crippen molar-refractivity contribution in [2.24, 2.45) is 5.92 Å². The number of rotatable bonds is 6. The Hall–Kier alpha value is -1.57. The molecule has 0 aromatic heterocycles. The molecule has 0 bridgehead atoms. The van der Waals surface area contributed by atoms with Gasteiger partial charge in [0.1, 0.15) is 11.8 Å². The third kappa shape index (κ3) is 4.45. The molecule has 2 N–H and O–H groups in total. The Balaban J connectivity index is 1.96. The van der Waals surface area contributed by atoms with Crippen molar-refractivity contribution in [3.63, 3.8) is 0 Å². The number of hydrogen-bond donors (Lipinski definition) is 2. The van der Waals surface area contributed by atoms with E-state index in [9.17, 15) is 5.11 Å². The van der Waals surface area contributed by atoms with Crippen molar-refractivity contribution in [3.8, 4) is 11.8 Å². The first-order chi connectivity index (χ1) is 10.2. The monoisotopic (exact) mass is 288 g/mol. The van der Waals surface area contributed by atoms with Gasteiger partial charge in [0.2, 0.25) is 0 Å². The number of nitrogens with zero attached hydrogens (tertiary/aromatic N) is 1. The first kappa shape index (κ1) is 15.8. The molecule has 0 spiro atoms. The van der Waals surface area contributed by atoms with Crippen LogP contribution in [0.2, 0.25) is 0 Å². The second-order valence-electron chi connectivity index (χ2n) is 6.09. The summed E-state index contributed by atoms with van der Waals surface area (Å²) in [5.41, 5.74) is 0.956. The zero-order valence-electron chi connectivity index (χ0n) is 12.6. The van der Waals surface area contributed by atoms with Gasteiger partial charge < -0.3 is 15.2 Å². The molecule has 0 heterocycles. The van der Waals surface area contributed by atoms with Crippen LogP contribution >= 0.6 is 0 Å². The van der Waals surface area contributed by atoms with Crippen LogP contribution < -0.4 is 10.1 Å². The van der Waals surface area contributed by atoms with E-state index in [1.807, 2.05) is 30.3 Å². The summed E-state index contributed by atoms with van der Waals surface area (Å²) in [6, 6.07) is 9.73. The van der Waals surface area contributed by atoms with E-state index in [0.717, 1.165) is 18.4 Å². The quantitative estimate of drug-likeness (QED) is 0.844. The number of ether oxygens (including phenoxy) is 1. The zero-order chi connectivity index (χ0) is 15.1. The Bertz CT molecular complexity index is 498. The lowest BCUT2D eigenvalue weighted by Crippen LogP contribution is -2.51. The predicted octanol–water partition coefficient (Wildman–Crippen LogP) is 2.62. The van der Waals surface area contributed by atoms with Crippen LogP contribution in [0.5, 0.6) is 5.75 Å². The van der Waals surface area contributed by atoms with Crippen molar-refractivity contribution in [1.29, 1.82) is 5.26 Å². The summed E-state index contributed by atoms with van der Waals surface area (Å²) in [5.74, 6) is 1.37. The molecule has 4 nitrogen and oxygen atoms in total. The van der Waals surface area contributed by atoms with Gasteiger partial charge in [0.05, 0.1) is 6.61 Å². The minimum Gasteiger partial charge on any atom is -0.479 e. The number of aliphatic hydroxyl groups excluding tert-OH is 1. The molecule has 4 heteroatoms. The Morgan fingerprint density at radius 2 is 2.38 bits per heavy atom. The second-order valence-corrected chi connectivity index (χ2v) is 6.09. The average molecular weight is 288 g/mol. The maximum absolute atomic E-state index is 9.78. The van der Waals surface area contributed by atoms with Gasteiger partial charge in [0.25, 0.3) is 0 Å². The molecule has 0 aliphatic heterocycles. The smallest absolute Gasteiger partial charge is 0.174 e. The van der Waals surface area contributed by atoms with Crippen LogP contribution in [0.4, 0.5) is 0 Å². The Morgan fingerprint density at radius 1 is 1.52 bits per heavy atom. The van der Waals surface area contributed by atoms with Crippen molar-refractivity contribution in [1.82, 2.24) is 5.32 Å². The van der Waals surface area contributed by atoms with Gasteiger partial charge in [0.15, 0.2) is 6.61 Å². The molecular weight excluding hydrogens is 264 g/mol. The Morgan fingerprint density at radius 3 is 3.10 bits per heavy atom. The average Bonchev–Trinajstić information content (AvgIpc) is 2.51. The highest BCUT2D eigenvalue weighted by Gasteiger charge is 2.33. The highest BCUT2D eigenvalue weighted by atomic mass is 16.5. The fraction of sp³-hybridized carbons (Fsp3) is 0.588. The van der Waals surface area contributed by atoms with E-state index in [0.29, 0.717) is 18.2 Å². The first-order valence-electron chi connectivity index (χ1n) is 7.62. The van der Waals surface area contributed by atoms with Crippen molar-refractivity contribution in [3.05, 3.63) is 29.8 Å². The third-order valence-corrected chi connectivity index (χ3v) is 4.26. The molecule has 2 rings (SSSR count). The van der Waals surface area contributed by atoms with Gasteiger partial charge in [0, 0.05) is 12.1 Å². The minimum atomic E-state index is -0.152. The van der Waals surface area contributed by atoms with Crippen LogP contribution in [0, 0.1) is 17.2 Å². The van der Waals surface area contributed by atoms with Crippen LogP contribution in [-0.2, 0) is 6.54 Å². The summed E-state index contributed by atoms with van der Waals surface area (Å²) < 4.78 is 5.32. The van der Waals surface area contributed by atoms with Crippen LogP contribution in [0.15, 0.2) is 24.3 Å². The Labute approximate surface area is 126 Å². The first-order valence-corrected chi connectivity index (χ1v) is 7.62. The SMILES string of the molecule is CC1CCCC(CO)(NCc2cccc(OCC#N)c2)C1. The molecule has 1 aromatic rings. The lowest BCUT2D eigenvalue weighted by molar-refractivity contribution is 0.0982. The summed E-state index contributed by atoms with van der Waals surface area (Å²) >= 11 is 0. The number of aliphatic hydroxyl groups is 1. The summed E-state index contributed by atoms with van der Waals surface area (Å²) in [6.07, 6.45) is 4.47. The molecule has 2 atom stereocenters. The van der Waals surface area contributed by atoms with Crippen molar-refractivity contribution >= 4 is 0 Å². The van der Waals surface area contributed by atoms with Crippen molar-refractivity contribution in [2.75, 3.05) is 13.2 Å². The van der Waals surface area contributed by atoms with Crippen LogP contribution in [0.25, 0.3) is 0 Å². The lowest BCUT2D eigenvalue weighted by Gasteiger charge is -2.39. The van der Waals surface area contributed by atoms with E-state index < -0.39 is 0 Å². The van der Waals surface area contributed by atoms with Crippen LogP contribution in [-0.4, -0.2) is 23.9 Å². The minimum absolute atomic E-state index is 0.0645. The second kappa shape index (κ2) is 7.44. The van der Waals surface area contributed by atoms with Crippen LogP contribution in [0.1, 0.15) is 38.2 Å². The van der Waals surface area contributed by atoms with Crippen LogP contribution in [0.3, 0.4) is 0 Å². The highest BCUT2D eigenvalue weighted by molar-refractivity contribution is 5.28. The van der Waals surface area contributed by atoms with Gasteiger partial charge >= 0.3 is 0 Å². The lowest BCUT2D eigenvalue weighted by atomic mass is 9.77. The normalized spacial score (nSPS) is 25.3. The third-order valence-electron chi connectivity index (χ3n) is 4.26. The van der Waals surface area contributed by atoms with Gasteiger partial charge in [-0.05, 0) is 36.5 Å². The van der Waals surface area contributed by atoms with Gasteiger partial charge in [-0.15, -0.1) is 0 Å². The molecule has 114 valence electrons. The maximum atomic E-state index is 9.78. The van der Waals surface area contributed by atoms with Crippen molar-refractivity contribution in [2.45, 2.75) is 44.7 Å². The number of nitriles is 1. The summed E-state index contributed by atoms with van der Waals surface area (Å²) in [5, 5.41) is 21.9. The largest absolute Gasteiger partial charge is 0.479 e. The summed E-state index contributed by atoms with van der Waals surface area (Å²) in [7, 11) is 0. The standard InChI is InChI=1S/C17H24N2O2/c1-14-4-3-7-17(11-14,13-20)19-12-15-5-2-6-16(10-15)21-9-8-18/h2,5-6,10,14,19-20H,3-4,7,9,11-13H2,1H3. The van der Waals surface area contributed by atoms with E-state index in [2.05, 4.69) is 12.2 Å². The van der Waals surface area contributed by atoms with Crippen molar-refractivity contribution < 1.29 is 9.84 Å². The number of benzene rings is 1. The fourth-order valence-electron chi connectivity index (χ4n) is 3.17. The molecular formula is C17H24N2O2. The molecule has 1 aromatic carbocycles. The van der Waals surface area contributed by atoms with Gasteiger partial charge in [-0.25, -0.2) is 0 Å². The zero-order valence-corrected chi connectivity index (χ0v) is 12.6. The highest BCUT2D eigenvalue weighted by Crippen LogP contribution is 2.32. The number of hydrogen-bond acceptors (Lipinski definition) is 4. The fourth-order valence-corrected chi connectivity index (χ4v) is 3.17. The topological polar surface area (TPSA) is 65.3 Å². The summed E-state index contributed by atoms with van der Waals surface area (Å²) in [4.78, 5) is 0. The van der Waals surface area contributed by atoms with Gasteiger partial charge in [-0.3, -0.25) is 0 Å². The molecule has 1 saturated carbocycles. The molecule has 21 heavy (non-hydrogen) atoms. The molecule has 0 saturated heterocycles. The van der Waals surface area contributed by atoms with E-state index in [1.165, 1.54) is 12.8 Å². The van der Waals surface area contributed by atoms with E-state index in [1.54, 1.807) is 0 Å². The molecule has 1 aliphatic carbocycles. The predicted molar refractivity (Wildman–Crippen MR) is 81.8 cm³/mol. The molecule has 2 unspecified atom stereocenters. The maximum Gasteiger partial charge on any atom is 0.174 e. The van der Waals surface area contributed by atoms with E-state index >= 15 is 0 Å². The van der Waals surface area contributed by atoms with E-state index in [-0.39, 0.29) is 18.8 Å². The molecule has 0 radical (unpaired) electrons. The molecule has 0 amide bonds. The number of nitrogens with one attached hydrogen (secondary N) is 1. The van der Waals surface area contributed by atoms with Gasteiger partial charge in [-0.2, -0.15) is 5.26 Å². The van der Waals surface area contributed by atoms with Gasteiger partial charge in [-0.1, -0.05) is 31.9 Å².